The number of nitrogens with zero attached hydrogens (tertiary/aromatic N) is 3. The zero-order chi connectivity index (χ0) is 15.4. The molecule has 0 amide bonds. The Morgan fingerprint density at radius 1 is 1.24 bits per heavy atom. The summed E-state index contributed by atoms with van der Waals surface area (Å²) < 4.78 is 0. The van der Waals surface area contributed by atoms with Gasteiger partial charge in [0.15, 0.2) is 0 Å². The second-order valence-electron chi connectivity index (χ2n) is 6.45. The quantitative estimate of drug-likeness (QED) is 0.827. The molecule has 1 aromatic carbocycles. The number of hydrogen-bond donors (Lipinski definition) is 1. The molecule has 0 spiro atoms. The van der Waals surface area contributed by atoms with Gasteiger partial charge in [0.05, 0.1) is 0 Å². The first-order chi connectivity index (χ1) is 10.0. The summed E-state index contributed by atoms with van der Waals surface area (Å²) in [7, 11) is 8.60. The molecule has 1 heterocycles. The van der Waals surface area contributed by atoms with Crippen molar-refractivity contribution >= 4 is 5.69 Å². The van der Waals surface area contributed by atoms with Crippen molar-refractivity contribution in [2.75, 3.05) is 59.3 Å². The Kier molecular flexibility index (Phi) is 5.62. The molecule has 0 fully saturated rings. The maximum Gasteiger partial charge on any atom is 0.0467 e. The maximum atomic E-state index is 6.05. The van der Waals surface area contributed by atoms with E-state index in [1.165, 1.54) is 23.2 Å². The van der Waals surface area contributed by atoms with Gasteiger partial charge in [0.25, 0.3) is 0 Å². The summed E-state index contributed by atoms with van der Waals surface area (Å²) in [5.74, 6) is 0. The summed E-state index contributed by atoms with van der Waals surface area (Å²) in [6.45, 7) is 4.01. The zero-order valence-corrected chi connectivity index (χ0v) is 14.0. The van der Waals surface area contributed by atoms with Crippen LogP contribution in [0.15, 0.2) is 18.2 Å². The van der Waals surface area contributed by atoms with E-state index >= 15 is 0 Å². The molecular weight excluding hydrogens is 260 g/mol. The molecular formula is C17H30N4. The summed E-state index contributed by atoms with van der Waals surface area (Å²) >= 11 is 0. The van der Waals surface area contributed by atoms with Crippen LogP contribution in [0.25, 0.3) is 0 Å². The fourth-order valence-corrected chi connectivity index (χ4v) is 3.16. The molecule has 2 rings (SSSR count). The van der Waals surface area contributed by atoms with Gasteiger partial charge in [0, 0.05) is 31.9 Å². The lowest BCUT2D eigenvalue weighted by atomic mass is 10.0. The van der Waals surface area contributed by atoms with Crippen molar-refractivity contribution in [2.24, 2.45) is 5.73 Å². The molecule has 1 aliphatic heterocycles. The minimum Gasteiger partial charge on any atom is -0.374 e. The summed E-state index contributed by atoms with van der Waals surface area (Å²) in [6.07, 6.45) is 2.33. The third-order valence-corrected chi connectivity index (χ3v) is 4.49. The molecule has 0 aromatic heterocycles. The average molecular weight is 290 g/mol. The second kappa shape index (κ2) is 7.25. The van der Waals surface area contributed by atoms with Crippen LogP contribution in [-0.4, -0.2) is 64.2 Å². The van der Waals surface area contributed by atoms with E-state index < -0.39 is 0 Å². The number of hydrogen-bond acceptors (Lipinski definition) is 4. The predicted octanol–water partition coefficient (Wildman–Crippen LogP) is 1.56. The van der Waals surface area contributed by atoms with Gasteiger partial charge < -0.3 is 15.5 Å². The van der Waals surface area contributed by atoms with Gasteiger partial charge in [-0.1, -0.05) is 12.1 Å². The number of nitrogens with two attached hydrogens (primary N) is 1. The molecule has 4 heteroatoms. The Labute approximate surface area is 129 Å². The Morgan fingerprint density at radius 2 is 2.00 bits per heavy atom. The van der Waals surface area contributed by atoms with Crippen LogP contribution in [0.3, 0.4) is 0 Å². The molecule has 0 bridgehead atoms. The molecule has 118 valence electrons. The van der Waals surface area contributed by atoms with Crippen LogP contribution in [0.2, 0.25) is 0 Å². The highest BCUT2D eigenvalue weighted by atomic mass is 15.1. The number of fused-ring (bicyclic) bond motifs is 1. The number of benzene rings is 1. The fraction of sp³-hybridized carbons (Fsp3) is 0.647. The van der Waals surface area contributed by atoms with Crippen LogP contribution < -0.4 is 10.6 Å². The summed E-state index contributed by atoms with van der Waals surface area (Å²) in [4.78, 5) is 6.96. The largest absolute Gasteiger partial charge is 0.374 e. The van der Waals surface area contributed by atoms with Gasteiger partial charge in [-0.25, -0.2) is 0 Å². The van der Waals surface area contributed by atoms with Crippen molar-refractivity contribution in [3.05, 3.63) is 29.3 Å². The van der Waals surface area contributed by atoms with E-state index in [0.717, 1.165) is 26.1 Å². The highest BCUT2D eigenvalue weighted by Crippen LogP contribution is 2.30. The van der Waals surface area contributed by atoms with Crippen molar-refractivity contribution in [2.45, 2.75) is 18.9 Å². The predicted molar refractivity (Wildman–Crippen MR) is 91.0 cm³/mol. The van der Waals surface area contributed by atoms with Gasteiger partial charge in [-0.3, -0.25) is 4.90 Å². The van der Waals surface area contributed by atoms with E-state index in [1.54, 1.807) is 0 Å². The normalized spacial score (nSPS) is 15.9. The van der Waals surface area contributed by atoms with E-state index in [2.05, 4.69) is 61.1 Å². The third-order valence-electron chi connectivity index (χ3n) is 4.49. The van der Waals surface area contributed by atoms with Crippen LogP contribution in [0.1, 0.15) is 23.6 Å². The van der Waals surface area contributed by atoms with Crippen LogP contribution in [0.4, 0.5) is 5.69 Å². The minimum absolute atomic E-state index is 0.323. The molecule has 1 unspecified atom stereocenters. The molecule has 1 atom stereocenters. The lowest BCUT2D eigenvalue weighted by Crippen LogP contribution is -2.32. The molecule has 2 N–H and O–H groups in total. The van der Waals surface area contributed by atoms with E-state index in [9.17, 15) is 0 Å². The van der Waals surface area contributed by atoms with Crippen molar-refractivity contribution in [1.82, 2.24) is 9.80 Å². The minimum atomic E-state index is 0.323. The van der Waals surface area contributed by atoms with Gasteiger partial charge in [0.1, 0.15) is 0 Å². The highest BCUT2D eigenvalue weighted by Gasteiger charge is 2.20. The summed E-state index contributed by atoms with van der Waals surface area (Å²) in [5.41, 5.74) is 10.3. The lowest BCUT2D eigenvalue weighted by Gasteiger charge is -2.28. The molecule has 0 radical (unpaired) electrons. The molecule has 0 saturated heterocycles. The first-order valence-corrected chi connectivity index (χ1v) is 7.92. The third kappa shape index (κ3) is 3.96. The van der Waals surface area contributed by atoms with Crippen LogP contribution in [0, 0.1) is 0 Å². The second-order valence-corrected chi connectivity index (χ2v) is 6.45. The summed E-state index contributed by atoms with van der Waals surface area (Å²) in [5, 5.41) is 0. The number of rotatable bonds is 7. The van der Waals surface area contributed by atoms with Gasteiger partial charge >= 0.3 is 0 Å². The molecule has 1 aliphatic rings. The Hall–Kier alpha value is -1.10. The first kappa shape index (κ1) is 16.3. The standard InChI is InChI=1S/C17H30N4/c1-19(2)9-5-10-20(3)17(13-18)14-6-7-16-15(12-14)8-11-21(16)4/h6-7,12,17H,5,8-11,13,18H2,1-4H3. The SMILES string of the molecule is CN(C)CCCN(C)C(CN)c1ccc2c(c1)CCN2C. The van der Waals surface area contributed by atoms with E-state index in [-0.39, 0.29) is 0 Å². The Morgan fingerprint density at radius 3 is 2.67 bits per heavy atom. The van der Waals surface area contributed by atoms with Crippen LogP contribution >= 0.6 is 0 Å². The van der Waals surface area contributed by atoms with E-state index in [4.69, 9.17) is 5.73 Å². The van der Waals surface area contributed by atoms with E-state index in [1.807, 2.05) is 0 Å². The Balaban J connectivity index is 2.03. The first-order valence-electron chi connectivity index (χ1n) is 7.92. The summed E-state index contributed by atoms with van der Waals surface area (Å²) in [6, 6.07) is 7.19. The van der Waals surface area contributed by atoms with Crippen molar-refractivity contribution in [3.8, 4) is 0 Å². The van der Waals surface area contributed by atoms with Crippen molar-refractivity contribution in [3.63, 3.8) is 0 Å². The highest BCUT2D eigenvalue weighted by molar-refractivity contribution is 5.58. The molecule has 0 saturated carbocycles. The molecule has 21 heavy (non-hydrogen) atoms. The van der Waals surface area contributed by atoms with Crippen molar-refractivity contribution < 1.29 is 0 Å². The topological polar surface area (TPSA) is 35.7 Å². The lowest BCUT2D eigenvalue weighted by molar-refractivity contribution is 0.235. The monoisotopic (exact) mass is 290 g/mol. The van der Waals surface area contributed by atoms with Crippen LogP contribution in [0.5, 0.6) is 0 Å². The zero-order valence-electron chi connectivity index (χ0n) is 14.0. The van der Waals surface area contributed by atoms with Gasteiger partial charge in [-0.15, -0.1) is 0 Å². The number of anilines is 1. The maximum absolute atomic E-state index is 6.05. The fourth-order valence-electron chi connectivity index (χ4n) is 3.16. The molecule has 1 aromatic rings. The van der Waals surface area contributed by atoms with Gasteiger partial charge in [-0.05, 0) is 64.3 Å². The average Bonchev–Trinajstić information content (AvgIpc) is 2.80. The smallest absolute Gasteiger partial charge is 0.0467 e. The molecule has 4 nitrogen and oxygen atoms in total. The number of likely N-dealkylation sites (N-methyl/N-ethyl adjacent to an activating group) is 2. The van der Waals surface area contributed by atoms with Crippen LogP contribution in [-0.2, 0) is 6.42 Å². The van der Waals surface area contributed by atoms with Gasteiger partial charge in [0.2, 0.25) is 0 Å². The van der Waals surface area contributed by atoms with Crippen molar-refractivity contribution in [1.29, 1.82) is 0 Å². The molecule has 0 aliphatic carbocycles. The van der Waals surface area contributed by atoms with Gasteiger partial charge in [-0.2, -0.15) is 0 Å². The Bertz CT molecular complexity index is 458. The van der Waals surface area contributed by atoms with E-state index in [0.29, 0.717) is 12.6 Å².